The van der Waals surface area contributed by atoms with Gasteiger partial charge in [-0.1, -0.05) is 20.8 Å². The minimum atomic E-state index is 0.187. The van der Waals surface area contributed by atoms with Crippen LogP contribution < -0.4 is 10.6 Å². The van der Waals surface area contributed by atoms with Crippen LogP contribution in [-0.4, -0.2) is 24.5 Å². The van der Waals surface area contributed by atoms with Gasteiger partial charge in [-0.3, -0.25) is 4.79 Å². The third-order valence-corrected chi connectivity index (χ3v) is 3.72. The second kappa shape index (κ2) is 6.24. The molecule has 1 heterocycles. The molecular formula is C13H26N2O. The van der Waals surface area contributed by atoms with Gasteiger partial charge in [0.05, 0.1) is 0 Å². The van der Waals surface area contributed by atoms with Crippen molar-refractivity contribution in [2.24, 2.45) is 11.8 Å². The summed E-state index contributed by atoms with van der Waals surface area (Å²) in [6.45, 7) is 9.62. The Labute approximate surface area is 99.4 Å². The summed E-state index contributed by atoms with van der Waals surface area (Å²) >= 11 is 0. The molecule has 0 spiro atoms. The molecule has 16 heavy (non-hydrogen) atoms. The van der Waals surface area contributed by atoms with Gasteiger partial charge in [0.2, 0.25) is 5.91 Å². The van der Waals surface area contributed by atoms with E-state index in [2.05, 4.69) is 38.3 Å². The van der Waals surface area contributed by atoms with E-state index in [9.17, 15) is 4.79 Å². The summed E-state index contributed by atoms with van der Waals surface area (Å²) in [6, 6.07) is 0.638. The van der Waals surface area contributed by atoms with Gasteiger partial charge in [-0.05, 0) is 38.1 Å². The van der Waals surface area contributed by atoms with Crippen LogP contribution in [0.2, 0.25) is 0 Å². The molecule has 1 rings (SSSR count). The standard InChI is InChI=1S/C13H26N2O/c1-9(2)11(4)15-13(16)8-12-10(3)6-5-7-14-12/h9-12,14H,5-8H2,1-4H3,(H,15,16). The summed E-state index contributed by atoms with van der Waals surface area (Å²) in [7, 11) is 0. The van der Waals surface area contributed by atoms with Gasteiger partial charge in [-0.2, -0.15) is 0 Å². The summed E-state index contributed by atoms with van der Waals surface area (Å²) in [5.41, 5.74) is 0. The molecule has 0 bridgehead atoms. The van der Waals surface area contributed by atoms with Gasteiger partial charge in [-0.25, -0.2) is 0 Å². The fourth-order valence-electron chi connectivity index (χ4n) is 2.07. The average Bonchev–Trinajstić information content (AvgIpc) is 2.21. The van der Waals surface area contributed by atoms with Gasteiger partial charge in [-0.15, -0.1) is 0 Å². The Balaban J connectivity index is 2.32. The molecule has 94 valence electrons. The van der Waals surface area contributed by atoms with E-state index in [4.69, 9.17) is 0 Å². The monoisotopic (exact) mass is 226 g/mol. The van der Waals surface area contributed by atoms with Crippen LogP contribution >= 0.6 is 0 Å². The summed E-state index contributed by atoms with van der Waals surface area (Å²) in [5, 5.41) is 6.51. The Kier molecular flexibility index (Phi) is 5.26. The number of hydrogen-bond donors (Lipinski definition) is 2. The third kappa shape index (κ3) is 4.12. The molecule has 1 amide bonds. The molecule has 2 N–H and O–H groups in total. The molecule has 1 aliphatic rings. The highest BCUT2D eigenvalue weighted by Gasteiger charge is 2.23. The van der Waals surface area contributed by atoms with E-state index in [0.717, 1.165) is 6.54 Å². The van der Waals surface area contributed by atoms with Gasteiger partial charge in [0.15, 0.2) is 0 Å². The molecule has 0 saturated carbocycles. The largest absolute Gasteiger partial charge is 0.353 e. The zero-order valence-electron chi connectivity index (χ0n) is 11.0. The van der Waals surface area contributed by atoms with Gasteiger partial charge >= 0.3 is 0 Å². The molecule has 1 aliphatic heterocycles. The van der Waals surface area contributed by atoms with Gasteiger partial charge in [0, 0.05) is 18.5 Å². The van der Waals surface area contributed by atoms with Crippen molar-refractivity contribution < 1.29 is 4.79 Å². The minimum Gasteiger partial charge on any atom is -0.353 e. The van der Waals surface area contributed by atoms with Crippen molar-refractivity contribution in [1.82, 2.24) is 10.6 Å². The predicted octanol–water partition coefficient (Wildman–Crippen LogP) is 1.93. The van der Waals surface area contributed by atoms with Crippen molar-refractivity contribution in [2.75, 3.05) is 6.54 Å². The maximum absolute atomic E-state index is 11.8. The van der Waals surface area contributed by atoms with Crippen molar-refractivity contribution in [2.45, 2.75) is 59.0 Å². The topological polar surface area (TPSA) is 41.1 Å². The Morgan fingerprint density at radius 2 is 2.12 bits per heavy atom. The van der Waals surface area contributed by atoms with Crippen LogP contribution in [0.1, 0.15) is 47.0 Å². The van der Waals surface area contributed by atoms with E-state index < -0.39 is 0 Å². The molecule has 3 unspecified atom stereocenters. The summed E-state index contributed by atoms with van der Waals surface area (Å²) in [6.07, 6.45) is 3.10. The number of hydrogen-bond acceptors (Lipinski definition) is 2. The van der Waals surface area contributed by atoms with E-state index in [0.29, 0.717) is 24.3 Å². The summed E-state index contributed by atoms with van der Waals surface area (Å²) in [4.78, 5) is 11.8. The normalized spacial score (nSPS) is 27.8. The SMILES string of the molecule is CC(C)C(C)NC(=O)CC1NCCCC1C. The molecule has 3 atom stereocenters. The highest BCUT2D eigenvalue weighted by molar-refractivity contribution is 5.76. The lowest BCUT2D eigenvalue weighted by molar-refractivity contribution is -0.122. The number of carbonyl (C=O) groups is 1. The first-order chi connectivity index (χ1) is 7.50. The number of nitrogens with one attached hydrogen (secondary N) is 2. The van der Waals surface area contributed by atoms with Crippen molar-refractivity contribution in [1.29, 1.82) is 0 Å². The first-order valence-electron chi connectivity index (χ1n) is 6.53. The zero-order valence-corrected chi connectivity index (χ0v) is 11.0. The zero-order chi connectivity index (χ0) is 12.1. The third-order valence-electron chi connectivity index (χ3n) is 3.72. The molecule has 0 aliphatic carbocycles. The Morgan fingerprint density at radius 3 is 2.69 bits per heavy atom. The van der Waals surface area contributed by atoms with Crippen molar-refractivity contribution in [3.8, 4) is 0 Å². The van der Waals surface area contributed by atoms with Gasteiger partial charge in [0.1, 0.15) is 0 Å². The Hall–Kier alpha value is -0.570. The second-order valence-electron chi connectivity index (χ2n) is 5.48. The van der Waals surface area contributed by atoms with Gasteiger partial charge < -0.3 is 10.6 Å². The quantitative estimate of drug-likeness (QED) is 0.769. The first kappa shape index (κ1) is 13.5. The lowest BCUT2D eigenvalue weighted by Crippen LogP contribution is -2.45. The van der Waals surface area contributed by atoms with Gasteiger partial charge in [0.25, 0.3) is 0 Å². The van der Waals surface area contributed by atoms with E-state index in [1.54, 1.807) is 0 Å². The average molecular weight is 226 g/mol. The first-order valence-corrected chi connectivity index (χ1v) is 6.53. The van der Waals surface area contributed by atoms with E-state index in [1.807, 2.05) is 0 Å². The van der Waals surface area contributed by atoms with Crippen LogP contribution in [0, 0.1) is 11.8 Å². The van der Waals surface area contributed by atoms with E-state index in [1.165, 1.54) is 12.8 Å². The molecule has 0 aromatic heterocycles. The maximum Gasteiger partial charge on any atom is 0.221 e. The molecule has 3 nitrogen and oxygen atoms in total. The molecule has 0 aromatic carbocycles. The Bertz CT molecular complexity index is 228. The van der Waals surface area contributed by atoms with Crippen molar-refractivity contribution in [3.05, 3.63) is 0 Å². The lowest BCUT2D eigenvalue weighted by atomic mass is 9.90. The molecule has 0 aromatic rings. The molecule has 1 fully saturated rings. The number of piperidine rings is 1. The van der Waals surface area contributed by atoms with E-state index >= 15 is 0 Å². The summed E-state index contributed by atoms with van der Waals surface area (Å²) < 4.78 is 0. The highest BCUT2D eigenvalue weighted by atomic mass is 16.1. The van der Waals surface area contributed by atoms with Crippen LogP contribution in [0.15, 0.2) is 0 Å². The van der Waals surface area contributed by atoms with Crippen molar-refractivity contribution in [3.63, 3.8) is 0 Å². The number of carbonyl (C=O) groups excluding carboxylic acids is 1. The molecule has 0 radical (unpaired) electrons. The number of amides is 1. The lowest BCUT2D eigenvalue weighted by Gasteiger charge is -2.30. The smallest absolute Gasteiger partial charge is 0.221 e. The van der Waals surface area contributed by atoms with Crippen LogP contribution in [0.25, 0.3) is 0 Å². The van der Waals surface area contributed by atoms with Crippen LogP contribution in [0.3, 0.4) is 0 Å². The number of rotatable bonds is 4. The molecule has 1 saturated heterocycles. The van der Waals surface area contributed by atoms with Crippen LogP contribution in [0.4, 0.5) is 0 Å². The van der Waals surface area contributed by atoms with Crippen LogP contribution in [0.5, 0.6) is 0 Å². The fraction of sp³-hybridized carbons (Fsp3) is 0.923. The van der Waals surface area contributed by atoms with Crippen molar-refractivity contribution >= 4 is 5.91 Å². The second-order valence-corrected chi connectivity index (χ2v) is 5.48. The highest BCUT2D eigenvalue weighted by Crippen LogP contribution is 2.18. The maximum atomic E-state index is 11.8. The molecular weight excluding hydrogens is 200 g/mol. The van der Waals surface area contributed by atoms with E-state index in [-0.39, 0.29) is 11.9 Å². The predicted molar refractivity (Wildman–Crippen MR) is 67.2 cm³/mol. The Morgan fingerprint density at radius 1 is 1.44 bits per heavy atom. The summed E-state index contributed by atoms with van der Waals surface area (Å²) in [5.74, 6) is 1.31. The molecule has 3 heteroatoms. The van der Waals surface area contributed by atoms with Crippen LogP contribution in [-0.2, 0) is 4.79 Å². The minimum absolute atomic E-state index is 0.187. The fourth-order valence-corrected chi connectivity index (χ4v) is 2.07.